The molecule has 0 aliphatic heterocycles. The summed E-state index contributed by atoms with van der Waals surface area (Å²) in [7, 11) is 0. The number of nitrogens with two attached hydrogens (primary N) is 2. The van der Waals surface area contributed by atoms with E-state index in [-0.39, 0.29) is 6.10 Å². The predicted octanol–water partition coefficient (Wildman–Crippen LogP) is 2.51. The molecule has 0 heterocycles. The third kappa shape index (κ3) is 3.04. The number of benzene rings is 2. The van der Waals surface area contributed by atoms with E-state index in [0.717, 1.165) is 5.56 Å². The molecule has 4 nitrogen and oxygen atoms in total. The van der Waals surface area contributed by atoms with Gasteiger partial charge in [0, 0.05) is 5.69 Å². The smallest absolute Gasteiger partial charge is 0.252 e. The van der Waals surface area contributed by atoms with Crippen LogP contribution in [0.2, 0.25) is 0 Å². The molecule has 2 rings (SSSR count). The minimum Gasteiger partial charge on any atom is -0.485 e. The van der Waals surface area contributed by atoms with E-state index in [1.807, 2.05) is 31.2 Å². The van der Waals surface area contributed by atoms with Crippen LogP contribution in [0.4, 0.5) is 5.69 Å². The largest absolute Gasteiger partial charge is 0.485 e. The monoisotopic (exact) mass is 256 g/mol. The molecule has 0 aliphatic carbocycles. The first-order chi connectivity index (χ1) is 9.08. The average molecular weight is 256 g/mol. The molecule has 0 bridgehead atoms. The number of hydrogen-bond acceptors (Lipinski definition) is 3. The number of amides is 1. The number of para-hydroxylation sites is 1. The van der Waals surface area contributed by atoms with E-state index < -0.39 is 5.91 Å². The Labute approximate surface area is 112 Å². The Bertz CT molecular complexity index is 596. The van der Waals surface area contributed by atoms with Crippen molar-refractivity contribution in [2.75, 3.05) is 5.73 Å². The van der Waals surface area contributed by atoms with E-state index in [2.05, 4.69) is 0 Å². The lowest BCUT2D eigenvalue weighted by Gasteiger charge is -2.17. The third-order valence-electron chi connectivity index (χ3n) is 2.84. The first kappa shape index (κ1) is 13.0. The van der Waals surface area contributed by atoms with Crippen molar-refractivity contribution in [2.45, 2.75) is 13.0 Å². The maximum atomic E-state index is 11.3. The molecule has 4 heteroatoms. The molecule has 2 aromatic carbocycles. The zero-order valence-electron chi connectivity index (χ0n) is 10.7. The summed E-state index contributed by atoms with van der Waals surface area (Å²) in [6.45, 7) is 1.90. The second kappa shape index (κ2) is 5.44. The number of hydrogen-bond donors (Lipinski definition) is 2. The molecule has 1 amide bonds. The molecule has 1 atom stereocenters. The van der Waals surface area contributed by atoms with Crippen molar-refractivity contribution in [3.05, 3.63) is 59.7 Å². The number of anilines is 1. The van der Waals surface area contributed by atoms with E-state index in [1.54, 1.807) is 24.3 Å². The molecular weight excluding hydrogens is 240 g/mol. The molecule has 2 aromatic rings. The number of nitrogen functional groups attached to an aromatic ring is 1. The molecule has 0 radical (unpaired) electrons. The second-order valence-corrected chi connectivity index (χ2v) is 4.29. The van der Waals surface area contributed by atoms with Crippen molar-refractivity contribution in [1.82, 2.24) is 0 Å². The number of ether oxygens (including phenoxy) is 1. The van der Waals surface area contributed by atoms with Crippen molar-refractivity contribution in [3.8, 4) is 5.75 Å². The lowest BCUT2D eigenvalue weighted by molar-refractivity contribution is 0.0993. The van der Waals surface area contributed by atoms with Gasteiger partial charge in [0.05, 0.1) is 5.56 Å². The lowest BCUT2D eigenvalue weighted by Crippen LogP contribution is -2.14. The summed E-state index contributed by atoms with van der Waals surface area (Å²) in [5.74, 6) is -0.0275. The van der Waals surface area contributed by atoms with Crippen molar-refractivity contribution < 1.29 is 9.53 Å². The van der Waals surface area contributed by atoms with Gasteiger partial charge in [0.2, 0.25) is 0 Å². The van der Waals surface area contributed by atoms with Gasteiger partial charge in [-0.15, -0.1) is 0 Å². The van der Waals surface area contributed by atoms with Gasteiger partial charge >= 0.3 is 0 Å². The number of carbonyl (C=O) groups excluding carboxylic acids is 1. The fourth-order valence-corrected chi connectivity index (χ4v) is 1.84. The van der Waals surface area contributed by atoms with E-state index in [9.17, 15) is 4.79 Å². The minimum absolute atomic E-state index is 0.219. The summed E-state index contributed by atoms with van der Waals surface area (Å²) < 4.78 is 5.79. The topological polar surface area (TPSA) is 78.3 Å². The molecule has 0 fully saturated rings. The summed E-state index contributed by atoms with van der Waals surface area (Å²) in [5, 5.41) is 0. The van der Waals surface area contributed by atoms with Crippen molar-refractivity contribution in [1.29, 1.82) is 0 Å². The fourth-order valence-electron chi connectivity index (χ4n) is 1.84. The molecule has 19 heavy (non-hydrogen) atoms. The quantitative estimate of drug-likeness (QED) is 0.825. The van der Waals surface area contributed by atoms with E-state index >= 15 is 0 Å². The number of rotatable bonds is 4. The zero-order chi connectivity index (χ0) is 13.8. The van der Waals surface area contributed by atoms with E-state index in [1.165, 1.54) is 0 Å². The van der Waals surface area contributed by atoms with Gasteiger partial charge in [-0.1, -0.05) is 24.3 Å². The molecule has 1 unspecified atom stereocenters. The zero-order valence-corrected chi connectivity index (χ0v) is 10.7. The molecular formula is C15H16N2O2. The first-order valence-corrected chi connectivity index (χ1v) is 5.99. The molecule has 98 valence electrons. The van der Waals surface area contributed by atoms with Crippen LogP contribution >= 0.6 is 0 Å². The summed E-state index contributed by atoms with van der Waals surface area (Å²) in [4.78, 5) is 11.3. The standard InChI is InChI=1S/C15H16N2O2/c1-10(11-5-4-6-12(16)9-11)19-14-8-3-2-7-13(14)15(17)18/h2-10H,16H2,1H3,(H2,17,18). The molecule has 0 aromatic heterocycles. The highest BCUT2D eigenvalue weighted by atomic mass is 16.5. The third-order valence-corrected chi connectivity index (χ3v) is 2.84. The Morgan fingerprint density at radius 2 is 1.89 bits per heavy atom. The van der Waals surface area contributed by atoms with Crippen LogP contribution in [0.3, 0.4) is 0 Å². The van der Waals surface area contributed by atoms with Gasteiger partial charge in [-0.25, -0.2) is 0 Å². The summed E-state index contributed by atoms with van der Waals surface area (Å²) in [6.07, 6.45) is -0.219. The van der Waals surface area contributed by atoms with Crippen molar-refractivity contribution in [2.24, 2.45) is 5.73 Å². The summed E-state index contributed by atoms with van der Waals surface area (Å²) in [6, 6.07) is 14.4. The van der Waals surface area contributed by atoms with Crippen LogP contribution < -0.4 is 16.2 Å². The summed E-state index contributed by atoms with van der Waals surface area (Å²) in [5.41, 5.74) is 13.0. The van der Waals surface area contributed by atoms with E-state index in [4.69, 9.17) is 16.2 Å². The Balaban J connectivity index is 2.24. The molecule has 4 N–H and O–H groups in total. The van der Waals surface area contributed by atoms with Crippen molar-refractivity contribution >= 4 is 11.6 Å². The van der Waals surface area contributed by atoms with Gasteiger partial charge in [0.1, 0.15) is 11.9 Å². The highest BCUT2D eigenvalue weighted by Gasteiger charge is 2.13. The van der Waals surface area contributed by atoms with Gasteiger partial charge in [-0.3, -0.25) is 4.79 Å². The Morgan fingerprint density at radius 3 is 2.58 bits per heavy atom. The van der Waals surface area contributed by atoms with Crippen LogP contribution in [-0.4, -0.2) is 5.91 Å². The molecule has 0 spiro atoms. The van der Waals surface area contributed by atoms with Crippen LogP contribution in [0.5, 0.6) is 5.75 Å². The van der Waals surface area contributed by atoms with E-state index in [0.29, 0.717) is 17.0 Å². The molecule has 0 saturated heterocycles. The second-order valence-electron chi connectivity index (χ2n) is 4.29. The highest BCUT2D eigenvalue weighted by molar-refractivity contribution is 5.95. The van der Waals surface area contributed by atoms with Crippen LogP contribution in [0.15, 0.2) is 48.5 Å². The van der Waals surface area contributed by atoms with Gasteiger partial charge in [0.15, 0.2) is 0 Å². The van der Waals surface area contributed by atoms with Gasteiger partial charge in [-0.05, 0) is 36.8 Å². The Morgan fingerprint density at radius 1 is 1.16 bits per heavy atom. The summed E-state index contributed by atoms with van der Waals surface area (Å²) >= 11 is 0. The highest BCUT2D eigenvalue weighted by Crippen LogP contribution is 2.25. The number of carbonyl (C=O) groups is 1. The molecule has 0 saturated carbocycles. The van der Waals surface area contributed by atoms with Crippen LogP contribution in [0, 0.1) is 0 Å². The maximum Gasteiger partial charge on any atom is 0.252 e. The van der Waals surface area contributed by atoms with Crippen LogP contribution in [-0.2, 0) is 0 Å². The molecule has 0 aliphatic rings. The van der Waals surface area contributed by atoms with Crippen molar-refractivity contribution in [3.63, 3.8) is 0 Å². The van der Waals surface area contributed by atoms with Crippen LogP contribution in [0.25, 0.3) is 0 Å². The number of primary amides is 1. The average Bonchev–Trinajstić information content (AvgIpc) is 2.39. The predicted molar refractivity (Wildman–Crippen MR) is 74.9 cm³/mol. The Hall–Kier alpha value is -2.49. The SMILES string of the molecule is CC(Oc1ccccc1C(N)=O)c1cccc(N)c1. The van der Waals surface area contributed by atoms with Gasteiger partial charge in [-0.2, -0.15) is 0 Å². The van der Waals surface area contributed by atoms with Gasteiger partial charge in [0.25, 0.3) is 5.91 Å². The maximum absolute atomic E-state index is 11.3. The Kier molecular flexibility index (Phi) is 3.71. The first-order valence-electron chi connectivity index (χ1n) is 5.99. The minimum atomic E-state index is -0.504. The fraction of sp³-hybridized carbons (Fsp3) is 0.133. The normalized spacial score (nSPS) is 11.8. The van der Waals surface area contributed by atoms with Gasteiger partial charge < -0.3 is 16.2 Å². The van der Waals surface area contributed by atoms with Crippen LogP contribution in [0.1, 0.15) is 28.9 Å². The lowest BCUT2D eigenvalue weighted by atomic mass is 10.1.